The van der Waals surface area contributed by atoms with Gasteiger partial charge >= 0.3 is 0 Å². The van der Waals surface area contributed by atoms with Crippen molar-refractivity contribution in [3.05, 3.63) is 39.5 Å². The third-order valence-electron chi connectivity index (χ3n) is 2.85. The first-order valence-electron chi connectivity index (χ1n) is 6.10. The maximum absolute atomic E-state index is 13.3. The highest BCUT2D eigenvalue weighted by molar-refractivity contribution is 7.12. The van der Waals surface area contributed by atoms with Gasteiger partial charge in [-0.25, -0.2) is 9.37 Å². The largest absolute Gasteiger partial charge is 0.330 e. The number of nitrogens with two attached hydrogens (primary N) is 1. The molecule has 2 nitrogen and oxygen atoms in total. The molecule has 0 aliphatic carbocycles. The first kappa shape index (κ1) is 13.2. The van der Waals surface area contributed by atoms with E-state index in [1.54, 1.807) is 24.3 Å². The van der Waals surface area contributed by atoms with Crippen molar-refractivity contribution in [1.29, 1.82) is 0 Å². The molecular weight excluding hydrogens is 247 g/mol. The number of hydrogen-bond donors (Lipinski definition) is 1. The maximum atomic E-state index is 13.3. The van der Waals surface area contributed by atoms with Gasteiger partial charge in [-0.15, -0.1) is 11.3 Å². The van der Waals surface area contributed by atoms with Crippen molar-refractivity contribution in [1.82, 2.24) is 4.98 Å². The molecular formula is C14H17FN2S. The molecule has 2 aromatic rings. The number of hydrogen-bond acceptors (Lipinski definition) is 3. The maximum Gasteiger partial charge on any atom is 0.126 e. The van der Waals surface area contributed by atoms with Crippen LogP contribution in [0.4, 0.5) is 4.39 Å². The molecule has 0 radical (unpaired) electrons. The van der Waals surface area contributed by atoms with Crippen LogP contribution in [-0.4, -0.2) is 11.5 Å². The number of aromatic nitrogens is 1. The molecule has 4 heteroatoms. The lowest BCUT2D eigenvalue weighted by molar-refractivity contribution is 0.619. The lowest BCUT2D eigenvalue weighted by Crippen LogP contribution is -2.01. The summed E-state index contributed by atoms with van der Waals surface area (Å²) in [6.45, 7) is 4.50. The third kappa shape index (κ3) is 2.60. The van der Waals surface area contributed by atoms with Crippen LogP contribution in [-0.2, 0) is 12.8 Å². The van der Waals surface area contributed by atoms with Crippen LogP contribution < -0.4 is 5.73 Å². The van der Waals surface area contributed by atoms with Crippen molar-refractivity contribution in [3.63, 3.8) is 0 Å². The Morgan fingerprint density at radius 3 is 2.78 bits per heavy atom. The Morgan fingerprint density at radius 2 is 2.17 bits per heavy atom. The molecule has 0 saturated heterocycles. The van der Waals surface area contributed by atoms with Gasteiger partial charge < -0.3 is 5.73 Å². The molecule has 18 heavy (non-hydrogen) atoms. The number of nitrogens with zero attached hydrogens (tertiary/aromatic N) is 1. The molecule has 0 aliphatic rings. The first-order valence-corrected chi connectivity index (χ1v) is 6.92. The number of aryl methyl sites for hydroxylation is 2. The highest BCUT2D eigenvalue weighted by Gasteiger charge is 2.12. The summed E-state index contributed by atoms with van der Waals surface area (Å²) < 4.78 is 13.3. The summed E-state index contributed by atoms with van der Waals surface area (Å²) >= 11 is 1.70. The fourth-order valence-electron chi connectivity index (χ4n) is 1.89. The second-order valence-corrected chi connectivity index (χ2v) is 5.40. The molecule has 0 saturated carbocycles. The first-order chi connectivity index (χ1) is 8.65. The zero-order valence-electron chi connectivity index (χ0n) is 10.7. The summed E-state index contributed by atoms with van der Waals surface area (Å²) in [5.41, 5.74) is 8.19. The fraction of sp³-hybridized carbons (Fsp3) is 0.357. The minimum atomic E-state index is -0.172. The molecule has 0 fully saturated rings. The van der Waals surface area contributed by atoms with Crippen molar-refractivity contribution < 1.29 is 4.39 Å². The van der Waals surface area contributed by atoms with E-state index in [1.165, 1.54) is 10.9 Å². The van der Waals surface area contributed by atoms with Crippen LogP contribution in [0.5, 0.6) is 0 Å². The number of thiazole rings is 1. The lowest BCUT2D eigenvalue weighted by atomic mass is 10.1. The summed E-state index contributed by atoms with van der Waals surface area (Å²) in [5, 5.41) is 1.06. The standard InChI is InChI=1S/C14H17FN2S/c1-3-12-14(17-13(18-12)6-7-16)10-4-5-11(15)9(2)8-10/h4-5,8H,3,6-7,16H2,1-2H3. The summed E-state index contributed by atoms with van der Waals surface area (Å²) in [6, 6.07) is 5.16. The Labute approximate surface area is 111 Å². The van der Waals surface area contributed by atoms with Gasteiger partial charge in [-0.3, -0.25) is 0 Å². The van der Waals surface area contributed by atoms with Crippen molar-refractivity contribution in [2.24, 2.45) is 5.73 Å². The van der Waals surface area contributed by atoms with Crippen LogP contribution in [0.25, 0.3) is 11.3 Å². The predicted molar refractivity (Wildman–Crippen MR) is 74.4 cm³/mol. The van der Waals surface area contributed by atoms with Crippen molar-refractivity contribution in [2.75, 3.05) is 6.54 Å². The van der Waals surface area contributed by atoms with Gasteiger partial charge in [0.25, 0.3) is 0 Å². The molecule has 1 aromatic heterocycles. The van der Waals surface area contributed by atoms with E-state index in [4.69, 9.17) is 5.73 Å². The molecule has 0 spiro atoms. The van der Waals surface area contributed by atoms with E-state index in [0.29, 0.717) is 12.1 Å². The molecule has 0 bridgehead atoms. The predicted octanol–water partition coefficient (Wildman–Crippen LogP) is 3.32. The fourth-order valence-corrected chi connectivity index (χ4v) is 2.93. The third-order valence-corrected chi connectivity index (χ3v) is 4.11. The number of benzene rings is 1. The smallest absolute Gasteiger partial charge is 0.126 e. The lowest BCUT2D eigenvalue weighted by Gasteiger charge is -2.02. The van der Waals surface area contributed by atoms with Crippen LogP contribution in [0, 0.1) is 12.7 Å². The minimum Gasteiger partial charge on any atom is -0.330 e. The van der Waals surface area contributed by atoms with Gasteiger partial charge in [0, 0.05) is 16.9 Å². The molecule has 2 rings (SSSR count). The van der Waals surface area contributed by atoms with Gasteiger partial charge in [-0.2, -0.15) is 0 Å². The molecule has 0 amide bonds. The summed E-state index contributed by atoms with van der Waals surface area (Å²) in [6.07, 6.45) is 1.74. The second-order valence-electron chi connectivity index (χ2n) is 4.24. The van der Waals surface area contributed by atoms with Gasteiger partial charge in [-0.05, 0) is 43.7 Å². The topological polar surface area (TPSA) is 38.9 Å². The van der Waals surface area contributed by atoms with E-state index in [0.717, 1.165) is 29.1 Å². The van der Waals surface area contributed by atoms with Crippen LogP contribution in [0.1, 0.15) is 22.4 Å². The minimum absolute atomic E-state index is 0.172. The summed E-state index contributed by atoms with van der Waals surface area (Å²) in [7, 11) is 0. The van der Waals surface area contributed by atoms with E-state index >= 15 is 0 Å². The Morgan fingerprint density at radius 1 is 1.39 bits per heavy atom. The van der Waals surface area contributed by atoms with Crippen LogP contribution in [0.2, 0.25) is 0 Å². The Hall–Kier alpha value is -1.26. The van der Waals surface area contributed by atoms with Crippen molar-refractivity contribution in [3.8, 4) is 11.3 Å². The Kier molecular flexibility index (Phi) is 4.09. The average molecular weight is 264 g/mol. The van der Waals surface area contributed by atoms with Gasteiger partial charge in [-0.1, -0.05) is 6.92 Å². The van der Waals surface area contributed by atoms with Crippen LogP contribution in [0.3, 0.4) is 0 Å². The molecule has 0 aliphatic heterocycles. The molecule has 96 valence electrons. The van der Waals surface area contributed by atoms with Crippen molar-refractivity contribution in [2.45, 2.75) is 26.7 Å². The van der Waals surface area contributed by atoms with Crippen LogP contribution >= 0.6 is 11.3 Å². The highest BCUT2D eigenvalue weighted by Crippen LogP contribution is 2.30. The summed E-state index contributed by atoms with van der Waals surface area (Å²) in [5.74, 6) is -0.172. The Bertz CT molecular complexity index is 549. The quantitative estimate of drug-likeness (QED) is 0.920. The molecule has 2 N–H and O–H groups in total. The van der Waals surface area contributed by atoms with E-state index in [9.17, 15) is 4.39 Å². The number of rotatable bonds is 4. The molecule has 1 aromatic carbocycles. The monoisotopic (exact) mass is 264 g/mol. The average Bonchev–Trinajstić information content (AvgIpc) is 2.76. The highest BCUT2D eigenvalue weighted by atomic mass is 32.1. The molecule has 0 atom stereocenters. The zero-order valence-corrected chi connectivity index (χ0v) is 11.5. The number of halogens is 1. The zero-order chi connectivity index (χ0) is 13.1. The van der Waals surface area contributed by atoms with Gasteiger partial charge in [0.2, 0.25) is 0 Å². The van der Waals surface area contributed by atoms with E-state index < -0.39 is 0 Å². The molecule has 1 heterocycles. The van der Waals surface area contributed by atoms with E-state index in [2.05, 4.69) is 11.9 Å². The van der Waals surface area contributed by atoms with Gasteiger partial charge in [0.05, 0.1) is 10.7 Å². The summed E-state index contributed by atoms with van der Waals surface area (Å²) in [4.78, 5) is 5.87. The van der Waals surface area contributed by atoms with E-state index in [-0.39, 0.29) is 5.82 Å². The SMILES string of the molecule is CCc1sc(CCN)nc1-c1ccc(F)c(C)c1. The normalized spacial score (nSPS) is 10.9. The van der Waals surface area contributed by atoms with Gasteiger partial charge in [0.1, 0.15) is 5.82 Å². The van der Waals surface area contributed by atoms with Gasteiger partial charge in [0.15, 0.2) is 0 Å². The second kappa shape index (κ2) is 5.59. The van der Waals surface area contributed by atoms with Crippen LogP contribution in [0.15, 0.2) is 18.2 Å². The van der Waals surface area contributed by atoms with Crippen molar-refractivity contribution >= 4 is 11.3 Å². The molecule has 0 unspecified atom stereocenters. The van der Waals surface area contributed by atoms with E-state index in [1.807, 2.05) is 6.07 Å². The Balaban J connectivity index is 2.44.